The topological polar surface area (TPSA) is 52.6 Å². The fourth-order valence-corrected chi connectivity index (χ4v) is 1.89. The average Bonchev–Trinajstić information content (AvgIpc) is 2.39. The zero-order chi connectivity index (χ0) is 13.5. The molecule has 18 heavy (non-hydrogen) atoms. The Bertz CT molecular complexity index is 405. The third-order valence-electron chi connectivity index (χ3n) is 3.00. The quantitative estimate of drug-likeness (QED) is 0.810. The predicted molar refractivity (Wildman–Crippen MR) is 74.0 cm³/mol. The van der Waals surface area contributed by atoms with Gasteiger partial charge in [0.25, 0.3) is 5.91 Å². The van der Waals surface area contributed by atoms with Crippen molar-refractivity contribution in [3.05, 3.63) is 29.3 Å². The Labute approximate surface area is 109 Å². The van der Waals surface area contributed by atoms with Crippen LogP contribution in [-0.4, -0.2) is 42.7 Å². The SMILES string of the molecule is CCN(CCCO)C(=O)c1ccc(NC)cc1C. The number of hydrogen-bond donors (Lipinski definition) is 2. The average molecular weight is 250 g/mol. The summed E-state index contributed by atoms with van der Waals surface area (Å²) in [4.78, 5) is 14.1. The van der Waals surface area contributed by atoms with Crippen LogP contribution in [0.4, 0.5) is 5.69 Å². The minimum Gasteiger partial charge on any atom is -0.396 e. The van der Waals surface area contributed by atoms with Gasteiger partial charge in [-0.05, 0) is 44.0 Å². The smallest absolute Gasteiger partial charge is 0.254 e. The van der Waals surface area contributed by atoms with Crippen LogP contribution in [-0.2, 0) is 0 Å². The monoisotopic (exact) mass is 250 g/mol. The van der Waals surface area contributed by atoms with Crippen molar-refractivity contribution >= 4 is 11.6 Å². The Hall–Kier alpha value is -1.55. The summed E-state index contributed by atoms with van der Waals surface area (Å²) in [7, 11) is 1.86. The lowest BCUT2D eigenvalue weighted by Gasteiger charge is -2.21. The van der Waals surface area contributed by atoms with Crippen LogP contribution in [0.25, 0.3) is 0 Å². The molecule has 1 aromatic carbocycles. The first-order valence-corrected chi connectivity index (χ1v) is 6.32. The first kappa shape index (κ1) is 14.5. The molecular formula is C14H22N2O2. The third kappa shape index (κ3) is 3.47. The van der Waals surface area contributed by atoms with Gasteiger partial charge in [-0.15, -0.1) is 0 Å². The lowest BCUT2D eigenvalue weighted by molar-refractivity contribution is 0.0753. The van der Waals surface area contributed by atoms with Gasteiger partial charge in [0.05, 0.1) is 0 Å². The zero-order valence-electron chi connectivity index (χ0n) is 11.4. The number of anilines is 1. The maximum absolute atomic E-state index is 12.3. The molecule has 100 valence electrons. The van der Waals surface area contributed by atoms with Gasteiger partial charge in [-0.1, -0.05) is 0 Å². The number of rotatable bonds is 6. The molecule has 2 N–H and O–H groups in total. The van der Waals surface area contributed by atoms with Gasteiger partial charge < -0.3 is 15.3 Å². The van der Waals surface area contributed by atoms with Gasteiger partial charge in [0.15, 0.2) is 0 Å². The zero-order valence-corrected chi connectivity index (χ0v) is 11.4. The first-order chi connectivity index (χ1) is 8.63. The summed E-state index contributed by atoms with van der Waals surface area (Å²) < 4.78 is 0. The highest BCUT2D eigenvalue weighted by Gasteiger charge is 2.15. The molecule has 1 aromatic rings. The molecule has 1 amide bonds. The molecule has 4 nitrogen and oxygen atoms in total. The number of aliphatic hydroxyl groups excluding tert-OH is 1. The molecule has 0 aliphatic carbocycles. The predicted octanol–water partition coefficient (Wildman–Crippen LogP) is 1.88. The Morgan fingerprint density at radius 2 is 2.17 bits per heavy atom. The molecule has 0 bridgehead atoms. The summed E-state index contributed by atoms with van der Waals surface area (Å²) in [6.07, 6.45) is 0.618. The number of hydrogen-bond acceptors (Lipinski definition) is 3. The second-order valence-corrected chi connectivity index (χ2v) is 4.24. The first-order valence-electron chi connectivity index (χ1n) is 6.32. The van der Waals surface area contributed by atoms with Crippen LogP contribution in [0.15, 0.2) is 18.2 Å². The number of nitrogens with one attached hydrogen (secondary N) is 1. The number of benzene rings is 1. The third-order valence-corrected chi connectivity index (χ3v) is 3.00. The number of carbonyl (C=O) groups excluding carboxylic acids is 1. The van der Waals surface area contributed by atoms with E-state index in [2.05, 4.69) is 5.32 Å². The molecule has 0 saturated heterocycles. The highest BCUT2D eigenvalue weighted by atomic mass is 16.3. The van der Waals surface area contributed by atoms with Crippen LogP contribution in [0.3, 0.4) is 0 Å². The molecule has 0 fully saturated rings. The molecule has 0 atom stereocenters. The second kappa shape index (κ2) is 7.01. The second-order valence-electron chi connectivity index (χ2n) is 4.24. The Morgan fingerprint density at radius 1 is 1.44 bits per heavy atom. The molecule has 0 aliphatic rings. The summed E-state index contributed by atoms with van der Waals surface area (Å²) >= 11 is 0. The highest BCUT2D eigenvalue weighted by molar-refractivity contribution is 5.96. The van der Waals surface area contributed by atoms with E-state index in [0.29, 0.717) is 19.5 Å². The summed E-state index contributed by atoms with van der Waals surface area (Å²) in [5, 5.41) is 11.9. The Balaban J connectivity index is 2.87. The standard InChI is InChI=1S/C14H22N2O2/c1-4-16(8-5-9-17)14(18)13-7-6-12(15-3)10-11(13)2/h6-7,10,15,17H,4-5,8-9H2,1-3H3. The number of carbonyl (C=O) groups is 1. The van der Waals surface area contributed by atoms with Crippen molar-refractivity contribution in [3.63, 3.8) is 0 Å². The van der Waals surface area contributed by atoms with E-state index in [-0.39, 0.29) is 12.5 Å². The van der Waals surface area contributed by atoms with Gasteiger partial charge in [-0.3, -0.25) is 4.79 Å². The number of aliphatic hydroxyl groups is 1. The molecule has 1 rings (SSSR count). The lowest BCUT2D eigenvalue weighted by atomic mass is 10.1. The maximum Gasteiger partial charge on any atom is 0.254 e. The minimum absolute atomic E-state index is 0.0334. The fraction of sp³-hybridized carbons (Fsp3) is 0.500. The highest BCUT2D eigenvalue weighted by Crippen LogP contribution is 2.16. The summed E-state index contributed by atoms with van der Waals surface area (Å²) in [5.41, 5.74) is 2.70. The molecule has 0 saturated carbocycles. The van der Waals surface area contributed by atoms with Gasteiger partial charge in [-0.2, -0.15) is 0 Å². The lowest BCUT2D eigenvalue weighted by Crippen LogP contribution is -2.32. The fourth-order valence-electron chi connectivity index (χ4n) is 1.89. The van der Waals surface area contributed by atoms with Crippen molar-refractivity contribution in [2.75, 3.05) is 32.1 Å². The van der Waals surface area contributed by atoms with Crippen LogP contribution in [0.5, 0.6) is 0 Å². The van der Waals surface area contributed by atoms with Crippen LogP contribution >= 0.6 is 0 Å². The Morgan fingerprint density at radius 3 is 2.67 bits per heavy atom. The van der Waals surface area contributed by atoms with Gasteiger partial charge in [0.1, 0.15) is 0 Å². The summed E-state index contributed by atoms with van der Waals surface area (Å²) in [6, 6.07) is 5.72. The van der Waals surface area contributed by atoms with Crippen LogP contribution in [0.2, 0.25) is 0 Å². The van der Waals surface area contributed by atoms with E-state index >= 15 is 0 Å². The van der Waals surface area contributed by atoms with Crippen LogP contribution in [0, 0.1) is 6.92 Å². The summed E-state index contributed by atoms with van der Waals surface area (Å²) in [6.45, 7) is 5.26. The Kier molecular flexibility index (Phi) is 5.65. The van der Waals surface area contributed by atoms with E-state index < -0.39 is 0 Å². The molecule has 0 unspecified atom stereocenters. The minimum atomic E-state index is 0.0334. The van der Waals surface area contributed by atoms with E-state index in [4.69, 9.17) is 5.11 Å². The van der Waals surface area contributed by atoms with Gasteiger partial charge >= 0.3 is 0 Å². The van der Waals surface area contributed by atoms with Crippen molar-refractivity contribution in [1.29, 1.82) is 0 Å². The van der Waals surface area contributed by atoms with Crippen molar-refractivity contribution in [2.24, 2.45) is 0 Å². The van der Waals surface area contributed by atoms with Gasteiger partial charge in [0.2, 0.25) is 0 Å². The normalized spacial score (nSPS) is 10.2. The van der Waals surface area contributed by atoms with Crippen molar-refractivity contribution in [1.82, 2.24) is 4.90 Å². The number of aryl methyl sites for hydroxylation is 1. The largest absolute Gasteiger partial charge is 0.396 e. The molecule has 0 spiro atoms. The van der Waals surface area contributed by atoms with Gasteiger partial charge in [0, 0.05) is 38.0 Å². The molecule has 0 radical (unpaired) electrons. The maximum atomic E-state index is 12.3. The van der Waals surface area contributed by atoms with Crippen LogP contribution in [0.1, 0.15) is 29.3 Å². The molecule has 0 aromatic heterocycles. The van der Waals surface area contributed by atoms with E-state index in [1.807, 2.05) is 39.1 Å². The van der Waals surface area contributed by atoms with E-state index in [9.17, 15) is 4.79 Å². The molecule has 4 heteroatoms. The molecule has 0 heterocycles. The molecular weight excluding hydrogens is 228 g/mol. The van der Waals surface area contributed by atoms with E-state index in [0.717, 1.165) is 16.8 Å². The number of amides is 1. The van der Waals surface area contributed by atoms with Crippen molar-refractivity contribution in [3.8, 4) is 0 Å². The van der Waals surface area contributed by atoms with E-state index in [1.54, 1.807) is 4.90 Å². The van der Waals surface area contributed by atoms with Crippen molar-refractivity contribution in [2.45, 2.75) is 20.3 Å². The van der Waals surface area contributed by atoms with Gasteiger partial charge in [-0.25, -0.2) is 0 Å². The van der Waals surface area contributed by atoms with E-state index in [1.165, 1.54) is 0 Å². The summed E-state index contributed by atoms with van der Waals surface area (Å²) in [5.74, 6) is 0.0334. The van der Waals surface area contributed by atoms with Crippen molar-refractivity contribution < 1.29 is 9.90 Å². The number of nitrogens with zero attached hydrogens (tertiary/aromatic N) is 1. The van der Waals surface area contributed by atoms with Crippen LogP contribution < -0.4 is 5.32 Å². The molecule has 0 aliphatic heterocycles.